The van der Waals surface area contributed by atoms with Crippen molar-refractivity contribution < 1.29 is 9.90 Å². The number of nitrogens with two attached hydrogens (primary N) is 1. The van der Waals surface area contributed by atoms with Crippen LogP contribution in [0.15, 0.2) is 18.3 Å². The van der Waals surface area contributed by atoms with E-state index in [2.05, 4.69) is 23.8 Å². The number of hydrogen-bond donors (Lipinski definition) is 3. The zero-order chi connectivity index (χ0) is 14.2. The molecule has 0 aliphatic rings. The van der Waals surface area contributed by atoms with Crippen LogP contribution in [0.1, 0.15) is 28.6 Å². The number of carbonyl (C=O) groups is 1. The Bertz CT molecular complexity index is 632. The Morgan fingerprint density at radius 3 is 2.63 bits per heavy atom. The summed E-state index contributed by atoms with van der Waals surface area (Å²) in [5, 5.41) is 8.87. The second-order valence-electron chi connectivity index (χ2n) is 4.68. The van der Waals surface area contributed by atoms with E-state index in [0.717, 1.165) is 16.8 Å². The second-order valence-corrected chi connectivity index (χ2v) is 4.68. The first-order valence-corrected chi connectivity index (χ1v) is 6.02. The number of carboxylic acid groups (broad SMARTS) is 1. The van der Waals surface area contributed by atoms with Crippen molar-refractivity contribution in [2.24, 2.45) is 5.73 Å². The first-order chi connectivity index (χ1) is 8.91. The van der Waals surface area contributed by atoms with Crippen LogP contribution in [0.4, 0.5) is 0 Å². The second kappa shape index (κ2) is 4.85. The van der Waals surface area contributed by atoms with Gasteiger partial charge in [-0.3, -0.25) is 4.79 Å². The van der Waals surface area contributed by atoms with E-state index in [0.29, 0.717) is 0 Å². The van der Waals surface area contributed by atoms with Gasteiger partial charge in [-0.05, 0) is 37.5 Å². The first-order valence-electron chi connectivity index (χ1n) is 6.02. The van der Waals surface area contributed by atoms with Gasteiger partial charge in [0.05, 0.1) is 11.9 Å². The van der Waals surface area contributed by atoms with E-state index < -0.39 is 12.0 Å². The van der Waals surface area contributed by atoms with Crippen LogP contribution in [0.25, 0.3) is 11.3 Å². The predicted octanol–water partition coefficient (Wildman–Crippen LogP) is 2.09. The number of nitrogens with zero attached hydrogens (tertiary/aromatic N) is 1. The summed E-state index contributed by atoms with van der Waals surface area (Å²) in [5.74, 6) is -0.835. The number of aliphatic carboxylic acids is 1. The normalized spacial score (nSPS) is 12.4. The molecule has 0 bridgehead atoms. The van der Waals surface area contributed by atoms with E-state index in [1.807, 2.05) is 19.1 Å². The summed E-state index contributed by atoms with van der Waals surface area (Å²) in [4.78, 5) is 17.9. The maximum Gasteiger partial charge on any atom is 0.328 e. The highest BCUT2D eigenvalue weighted by Gasteiger charge is 2.18. The number of rotatable bonds is 3. The van der Waals surface area contributed by atoms with Gasteiger partial charge in [0.1, 0.15) is 5.82 Å². The highest BCUT2D eigenvalue weighted by Crippen LogP contribution is 2.26. The van der Waals surface area contributed by atoms with Crippen molar-refractivity contribution in [2.45, 2.75) is 26.8 Å². The van der Waals surface area contributed by atoms with Gasteiger partial charge in [-0.25, -0.2) is 4.98 Å². The highest BCUT2D eigenvalue weighted by molar-refractivity contribution is 5.74. The van der Waals surface area contributed by atoms with Gasteiger partial charge in [0.25, 0.3) is 0 Å². The fourth-order valence-corrected chi connectivity index (χ4v) is 2.00. The molecule has 0 fully saturated rings. The SMILES string of the molecule is Cc1ccc(-c2cnc(C(N)C(=O)O)[nH]2)c(C)c1C. The molecule has 4 N–H and O–H groups in total. The van der Waals surface area contributed by atoms with Gasteiger partial charge in [-0.15, -0.1) is 0 Å². The summed E-state index contributed by atoms with van der Waals surface area (Å²) in [6, 6.07) is 2.91. The average molecular weight is 259 g/mol. The summed E-state index contributed by atoms with van der Waals surface area (Å²) in [6.45, 7) is 6.16. The molecule has 0 saturated carbocycles. The van der Waals surface area contributed by atoms with Crippen molar-refractivity contribution in [3.05, 3.63) is 40.8 Å². The van der Waals surface area contributed by atoms with Gasteiger partial charge in [-0.1, -0.05) is 12.1 Å². The van der Waals surface area contributed by atoms with E-state index in [-0.39, 0.29) is 5.82 Å². The molecule has 100 valence electrons. The Morgan fingerprint density at radius 1 is 1.32 bits per heavy atom. The van der Waals surface area contributed by atoms with Crippen molar-refractivity contribution >= 4 is 5.97 Å². The number of aromatic amines is 1. The molecule has 5 heteroatoms. The van der Waals surface area contributed by atoms with Crippen LogP contribution >= 0.6 is 0 Å². The van der Waals surface area contributed by atoms with E-state index in [9.17, 15) is 4.79 Å². The standard InChI is InChI=1S/C14H17N3O2/c1-7-4-5-10(9(3)8(7)2)11-6-16-13(17-11)12(15)14(18)19/h4-6,12H,15H2,1-3H3,(H,16,17)(H,18,19). The Kier molecular flexibility index (Phi) is 3.40. The molecule has 0 spiro atoms. The van der Waals surface area contributed by atoms with E-state index >= 15 is 0 Å². The average Bonchev–Trinajstić information content (AvgIpc) is 2.84. The number of aryl methyl sites for hydroxylation is 1. The molecule has 19 heavy (non-hydrogen) atoms. The lowest BCUT2D eigenvalue weighted by atomic mass is 9.97. The summed E-state index contributed by atoms with van der Waals surface area (Å²) < 4.78 is 0. The Labute approximate surface area is 111 Å². The van der Waals surface area contributed by atoms with Crippen molar-refractivity contribution in [2.75, 3.05) is 0 Å². The zero-order valence-corrected chi connectivity index (χ0v) is 11.2. The van der Waals surface area contributed by atoms with Gasteiger partial charge in [0.2, 0.25) is 0 Å². The van der Waals surface area contributed by atoms with Crippen LogP contribution in [-0.4, -0.2) is 21.0 Å². The number of H-pyrrole nitrogens is 1. The van der Waals surface area contributed by atoms with Crippen LogP contribution in [0.5, 0.6) is 0 Å². The van der Waals surface area contributed by atoms with Gasteiger partial charge >= 0.3 is 5.97 Å². The van der Waals surface area contributed by atoms with E-state index in [4.69, 9.17) is 10.8 Å². The highest BCUT2D eigenvalue weighted by atomic mass is 16.4. The predicted molar refractivity (Wildman–Crippen MR) is 72.8 cm³/mol. The molecule has 0 aliphatic heterocycles. The molecule has 0 amide bonds. The van der Waals surface area contributed by atoms with E-state index in [1.54, 1.807) is 6.20 Å². The topological polar surface area (TPSA) is 92.0 Å². The Hall–Kier alpha value is -2.14. The third-order valence-corrected chi connectivity index (χ3v) is 3.50. The smallest absolute Gasteiger partial charge is 0.328 e. The van der Waals surface area contributed by atoms with Gasteiger partial charge in [0, 0.05) is 5.56 Å². The molecule has 0 aliphatic carbocycles. The minimum Gasteiger partial charge on any atom is -0.480 e. The zero-order valence-electron chi connectivity index (χ0n) is 11.2. The summed E-state index contributed by atoms with van der Waals surface area (Å²) in [7, 11) is 0. The third kappa shape index (κ3) is 2.37. The minimum absolute atomic E-state index is 0.264. The Balaban J connectivity index is 2.44. The number of nitrogens with one attached hydrogen (secondary N) is 1. The summed E-state index contributed by atoms with van der Waals surface area (Å²) in [5.41, 5.74) is 10.9. The molecule has 5 nitrogen and oxygen atoms in total. The molecule has 0 radical (unpaired) electrons. The van der Waals surface area contributed by atoms with Crippen LogP contribution < -0.4 is 5.73 Å². The maximum absolute atomic E-state index is 10.8. The van der Waals surface area contributed by atoms with Crippen LogP contribution in [0, 0.1) is 20.8 Å². The number of benzene rings is 1. The number of aromatic nitrogens is 2. The molecule has 1 atom stereocenters. The molecule has 0 saturated heterocycles. The van der Waals surface area contributed by atoms with Crippen molar-refractivity contribution in [3.63, 3.8) is 0 Å². The van der Waals surface area contributed by atoms with Crippen LogP contribution in [0.3, 0.4) is 0 Å². The molecular formula is C14H17N3O2. The monoisotopic (exact) mass is 259 g/mol. The van der Waals surface area contributed by atoms with Crippen molar-refractivity contribution in [1.29, 1.82) is 0 Å². The molecule has 2 aromatic rings. The number of imidazole rings is 1. The minimum atomic E-state index is -1.12. The first kappa shape index (κ1) is 13.3. The lowest BCUT2D eigenvalue weighted by molar-refractivity contribution is -0.138. The summed E-state index contributed by atoms with van der Waals surface area (Å²) in [6.07, 6.45) is 1.62. The molecule has 2 rings (SSSR count). The van der Waals surface area contributed by atoms with E-state index in [1.165, 1.54) is 11.1 Å². The third-order valence-electron chi connectivity index (χ3n) is 3.50. The fraction of sp³-hybridized carbons (Fsp3) is 0.286. The van der Waals surface area contributed by atoms with Gasteiger partial charge < -0.3 is 15.8 Å². The lowest BCUT2D eigenvalue weighted by Gasteiger charge is -2.09. The fourth-order valence-electron chi connectivity index (χ4n) is 2.00. The van der Waals surface area contributed by atoms with Crippen molar-refractivity contribution in [3.8, 4) is 11.3 Å². The maximum atomic E-state index is 10.8. The quantitative estimate of drug-likeness (QED) is 0.787. The van der Waals surface area contributed by atoms with Gasteiger partial charge in [0.15, 0.2) is 6.04 Å². The Morgan fingerprint density at radius 2 is 2.00 bits per heavy atom. The van der Waals surface area contributed by atoms with Crippen LogP contribution in [0.2, 0.25) is 0 Å². The van der Waals surface area contributed by atoms with Crippen LogP contribution in [-0.2, 0) is 4.79 Å². The molecule has 1 aromatic heterocycles. The molecule has 1 aromatic carbocycles. The molecular weight excluding hydrogens is 242 g/mol. The molecule has 1 heterocycles. The largest absolute Gasteiger partial charge is 0.480 e. The van der Waals surface area contributed by atoms with Gasteiger partial charge in [-0.2, -0.15) is 0 Å². The number of carboxylic acids is 1. The molecule has 1 unspecified atom stereocenters. The van der Waals surface area contributed by atoms with Crippen molar-refractivity contribution in [1.82, 2.24) is 9.97 Å². The lowest BCUT2D eigenvalue weighted by Crippen LogP contribution is -2.21. The summed E-state index contributed by atoms with van der Waals surface area (Å²) >= 11 is 0. The number of hydrogen-bond acceptors (Lipinski definition) is 3.